The van der Waals surface area contributed by atoms with Gasteiger partial charge >= 0.3 is 0 Å². The molecule has 0 saturated heterocycles. The molecule has 1 aromatic rings. The number of hydrogen-bond acceptors (Lipinski definition) is 2. The Labute approximate surface area is 94.3 Å². The summed E-state index contributed by atoms with van der Waals surface area (Å²) in [5.41, 5.74) is 0. The molecule has 1 heterocycles. The van der Waals surface area contributed by atoms with Gasteiger partial charge in [0.25, 0.3) is 0 Å². The Morgan fingerprint density at radius 2 is 1.94 bits per heavy atom. The van der Waals surface area contributed by atoms with E-state index in [0.717, 1.165) is 29.5 Å². The van der Waals surface area contributed by atoms with Crippen LogP contribution in [0.5, 0.6) is 0 Å². The maximum Gasteiger partial charge on any atom is 0.141 e. The first-order valence-electron chi connectivity index (χ1n) is 6.21. The highest BCUT2D eigenvalue weighted by molar-refractivity contribution is 5.39. The third-order valence-electron chi connectivity index (χ3n) is 4.78. The fourth-order valence-electron chi connectivity index (χ4n) is 4.15. The summed E-state index contributed by atoms with van der Waals surface area (Å²) < 4.78 is 12.7. The van der Waals surface area contributed by atoms with E-state index in [1.54, 1.807) is 6.07 Å². The minimum absolute atomic E-state index is 0.262. The zero-order valence-electron chi connectivity index (χ0n) is 9.07. The smallest absolute Gasteiger partial charge is 0.141 e. The molecule has 1 N–H and O–H groups in total. The molecule has 4 atom stereocenters. The lowest BCUT2D eigenvalue weighted by molar-refractivity contribution is 0.456. The number of anilines is 1. The number of halogens is 1. The summed E-state index contributed by atoms with van der Waals surface area (Å²) in [6.45, 7) is 0. The maximum atomic E-state index is 12.7. The van der Waals surface area contributed by atoms with Crippen LogP contribution in [-0.2, 0) is 0 Å². The summed E-state index contributed by atoms with van der Waals surface area (Å²) in [4.78, 5) is 4.07. The third kappa shape index (κ3) is 1.14. The van der Waals surface area contributed by atoms with Crippen LogP contribution in [0.1, 0.15) is 19.3 Å². The Balaban J connectivity index is 1.48. The molecule has 2 bridgehead atoms. The molecular formula is C13H15FN2. The van der Waals surface area contributed by atoms with Crippen molar-refractivity contribution < 1.29 is 4.39 Å². The number of rotatable bonds is 2. The van der Waals surface area contributed by atoms with Crippen LogP contribution in [0.25, 0.3) is 0 Å². The van der Waals surface area contributed by atoms with Gasteiger partial charge in [-0.3, -0.25) is 0 Å². The molecule has 16 heavy (non-hydrogen) atoms. The highest BCUT2D eigenvalue weighted by atomic mass is 19.1. The molecule has 3 saturated carbocycles. The molecule has 3 fully saturated rings. The van der Waals surface area contributed by atoms with Crippen molar-refractivity contribution in [2.75, 3.05) is 5.32 Å². The molecule has 3 heteroatoms. The number of pyridine rings is 1. The van der Waals surface area contributed by atoms with Crippen molar-refractivity contribution >= 4 is 5.82 Å². The number of fused-ring (bicyclic) bond motifs is 5. The third-order valence-corrected chi connectivity index (χ3v) is 4.78. The Bertz CT molecular complexity index is 400. The van der Waals surface area contributed by atoms with Gasteiger partial charge in [-0.05, 0) is 55.1 Å². The van der Waals surface area contributed by atoms with Crippen LogP contribution in [0.4, 0.5) is 10.2 Å². The molecule has 84 valence electrons. The highest BCUT2D eigenvalue weighted by Crippen LogP contribution is 2.66. The molecule has 3 aliphatic carbocycles. The first-order chi connectivity index (χ1) is 7.83. The zero-order valence-corrected chi connectivity index (χ0v) is 9.07. The second-order valence-corrected chi connectivity index (χ2v) is 5.52. The Morgan fingerprint density at radius 3 is 2.56 bits per heavy atom. The van der Waals surface area contributed by atoms with Gasteiger partial charge in [0, 0.05) is 6.04 Å². The van der Waals surface area contributed by atoms with Crippen molar-refractivity contribution in [3.63, 3.8) is 0 Å². The van der Waals surface area contributed by atoms with Crippen molar-refractivity contribution in [2.24, 2.45) is 23.7 Å². The molecule has 4 rings (SSSR count). The Kier molecular flexibility index (Phi) is 1.66. The lowest BCUT2D eigenvalue weighted by Crippen LogP contribution is -2.13. The summed E-state index contributed by atoms with van der Waals surface area (Å²) in [6.07, 6.45) is 5.61. The quantitative estimate of drug-likeness (QED) is 0.825. The van der Waals surface area contributed by atoms with E-state index in [9.17, 15) is 4.39 Å². The van der Waals surface area contributed by atoms with Gasteiger partial charge in [-0.25, -0.2) is 9.37 Å². The van der Waals surface area contributed by atoms with Gasteiger partial charge in [-0.2, -0.15) is 0 Å². The standard InChI is InChI=1S/C13H15FN2/c14-9-3-4-10(15-6-9)16-13-11-7-1-2-8(5-7)12(11)13/h3-4,6-8,11-13H,1-2,5H2,(H,15,16). The fraction of sp³-hybridized carbons (Fsp3) is 0.615. The highest BCUT2D eigenvalue weighted by Gasteiger charge is 2.65. The fourth-order valence-corrected chi connectivity index (χ4v) is 4.15. The molecule has 2 nitrogen and oxygen atoms in total. The molecule has 0 aromatic carbocycles. The summed E-state index contributed by atoms with van der Waals surface area (Å²) in [6, 6.07) is 3.84. The van der Waals surface area contributed by atoms with Crippen LogP contribution in [0.3, 0.4) is 0 Å². The first kappa shape index (κ1) is 8.97. The van der Waals surface area contributed by atoms with Gasteiger partial charge in [-0.1, -0.05) is 0 Å². The van der Waals surface area contributed by atoms with E-state index in [2.05, 4.69) is 10.3 Å². The summed E-state index contributed by atoms with van der Waals surface area (Å²) in [5.74, 6) is 4.29. The van der Waals surface area contributed by atoms with Gasteiger partial charge in [-0.15, -0.1) is 0 Å². The lowest BCUT2D eigenvalue weighted by atomic mass is 10.0. The van der Waals surface area contributed by atoms with E-state index in [1.807, 2.05) is 0 Å². The van der Waals surface area contributed by atoms with E-state index >= 15 is 0 Å². The van der Waals surface area contributed by atoms with Crippen molar-refractivity contribution in [2.45, 2.75) is 25.3 Å². The van der Waals surface area contributed by atoms with Crippen molar-refractivity contribution in [1.82, 2.24) is 4.98 Å². The lowest BCUT2D eigenvalue weighted by Gasteiger charge is -2.10. The minimum Gasteiger partial charge on any atom is -0.367 e. The SMILES string of the molecule is Fc1ccc(NC2C3C4CCC(C4)C23)nc1. The molecule has 3 aliphatic rings. The summed E-state index contributed by atoms with van der Waals surface area (Å²) >= 11 is 0. The van der Waals surface area contributed by atoms with Gasteiger partial charge in [0.2, 0.25) is 0 Å². The molecule has 0 radical (unpaired) electrons. The minimum atomic E-state index is -0.262. The van der Waals surface area contributed by atoms with Crippen LogP contribution >= 0.6 is 0 Å². The second kappa shape index (κ2) is 2.96. The average molecular weight is 218 g/mol. The van der Waals surface area contributed by atoms with Gasteiger partial charge in [0.1, 0.15) is 11.6 Å². The van der Waals surface area contributed by atoms with Crippen LogP contribution in [-0.4, -0.2) is 11.0 Å². The van der Waals surface area contributed by atoms with Crippen LogP contribution in [0.15, 0.2) is 18.3 Å². The Hall–Kier alpha value is -1.12. The van der Waals surface area contributed by atoms with Crippen LogP contribution < -0.4 is 5.32 Å². The number of nitrogens with one attached hydrogen (secondary N) is 1. The first-order valence-corrected chi connectivity index (χ1v) is 6.21. The molecule has 4 unspecified atom stereocenters. The monoisotopic (exact) mass is 218 g/mol. The van der Waals surface area contributed by atoms with Gasteiger partial charge < -0.3 is 5.32 Å². The topological polar surface area (TPSA) is 24.9 Å². The molecule has 1 aromatic heterocycles. The van der Waals surface area contributed by atoms with E-state index in [4.69, 9.17) is 0 Å². The number of aromatic nitrogens is 1. The van der Waals surface area contributed by atoms with E-state index in [1.165, 1.54) is 31.5 Å². The van der Waals surface area contributed by atoms with Gasteiger partial charge in [0.05, 0.1) is 6.20 Å². The summed E-state index contributed by atoms with van der Waals surface area (Å²) in [7, 11) is 0. The van der Waals surface area contributed by atoms with Crippen molar-refractivity contribution in [1.29, 1.82) is 0 Å². The largest absolute Gasteiger partial charge is 0.367 e. The van der Waals surface area contributed by atoms with E-state index in [-0.39, 0.29) is 5.82 Å². The maximum absolute atomic E-state index is 12.7. The normalized spacial score (nSPS) is 43.2. The van der Waals surface area contributed by atoms with Crippen LogP contribution in [0, 0.1) is 29.5 Å². The predicted molar refractivity (Wildman–Crippen MR) is 59.4 cm³/mol. The van der Waals surface area contributed by atoms with Crippen molar-refractivity contribution in [3.8, 4) is 0 Å². The molecule has 0 aliphatic heterocycles. The molecular weight excluding hydrogens is 203 g/mol. The number of hydrogen-bond donors (Lipinski definition) is 1. The Morgan fingerprint density at radius 1 is 1.19 bits per heavy atom. The number of nitrogens with zero attached hydrogens (tertiary/aromatic N) is 1. The molecule has 0 amide bonds. The van der Waals surface area contributed by atoms with Crippen molar-refractivity contribution in [3.05, 3.63) is 24.1 Å². The van der Waals surface area contributed by atoms with Crippen LogP contribution in [0.2, 0.25) is 0 Å². The van der Waals surface area contributed by atoms with Gasteiger partial charge in [0.15, 0.2) is 0 Å². The zero-order chi connectivity index (χ0) is 10.7. The summed E-state index contributed by atoms with van der Waals surface area (Å²) in [5, 5.41) is 3.47. The predicted octanol–water partition coefficient (Wildman–Crippen LogP) is 2.68. The molecule has 0 spiro atoms. The average Bonchev–Trinajstić information content (AvgIpc) is 2.72. The van der Waals surface area contributed by atoms with E-state index < -0.39 is 0 Å². The van der Waals surface area contributed by atoms with E-state index in [0.29, 0.717) is 6.04 Å². The second-order valence-electron chi connectivity index (χ2n) is 5.52.